The van der Waals surface area contributed by atoms with Crippen molar-refractivity contribution in [3.8, 4) is 0 Å². The van der Waals surface area contributed by atoms with Crippen molar-refractivity contribution in [3.05, 3.63) is 47.5 Å². The van der Waals surface area contributed by atoms with Crippen molar-refractivity contribution >= 4 is 21.9 Å². The van der Waals surface area contributed by atoms with Crippen LogP contribution in [0.25, 0.3) is 0 Å². The third-order valence-corrected chi connectivity index (χ3v) is 3.22. The zero-order valence-electron chi connectivity index (χ0n) is 12.5. The maximum absolute atomic E-state index is 11.9. The van der Waals surface area contributed by atoms with E-state index in [1.807, 2.05) is 4.72 Å². The standard InChI is InChI=1S/C15H19NO5S/c1-3-21-14(17)11-7-5-9-12-8-4-6-10-13(12)15(18)16-22(2,19)20/h4,6-8,10-11H,3,5,9H2,1-2H3,(H,16,18)/b11-7+. The van der Waals surface area contributed by atoms with E-state index in [0.29, 0.717) is 30.6 Å². The third-order valence-electron chi connectivity index (χ3n) is 2.66. The average molecular weight is 325 g/mol. The van der Waals surface area contributed by atoms with Gasteiger partial charge in [0.15, 0.2) is 0 Å². The molecule has 0 aliphatic carbocycles. The van der Waals surface area contributed by atoms with E-state index in [9.17, 15) is 18.0 Å². The summed E-state index contributed by atoms with van der Waals surface area (Å²) in [7, 11) is -3.61. The van der Waals surface area contributed by atoms with Crippen molar-refractivity contribution < 1.29 is 22.7 Å². The number of carbonyl (C=O) groups is 2. The lowest BCUT2D eigenvalue weighted by molar-refractivity contribution is -0.137. The van der Waals surface area contributed by atoms with Gasteiger partial charge >= 0.3 is 5.97 Å². The molecule has 0 atom stereocenters. The number of amides is 1. The van der Waals surface area contributed by atoms with Crippen molar-refractivity contribution in [1.82, 2.24) is 4.72 Å². The van der Waals surface area contributed by atoms with Crippen molar-refractivity contribution in [2.75, 3.05) is 12.9 Å². The topological polar surface area (TPSA) is 89.5 Å². The second kappa shape index (κ2) is 8.33. The highest BCUT2D eigenvalue weighted by atomic mass is 32.2. The van der Waals surface area contributed by atoms with Crippen LogP contribution in [0.1, 0.15) is 29.3 Å². The quantitative estimate of drug-likeness (QED) is 0.605. The molecule has 1 N–H and O–H groups in total. The first-order valence-electron chi connectivity index (χ1n) is 6.77. The molecule has 1 aromatic rings. The van der Waals surface area contributed by atoms with E-state index in [-0.39, 0.29) is 0 Å². The van der Waals surface area contributed by atoms with Gasteiger partial charge < -0.3 is 4.74 Å². The first-order chi connectivity index (χ1) is 10.3. The number of rotatable bonds is 7. The van der Waals surface area contributed by atoms with Gasteiger partial charge in [0, 0.05) is 11.6 Å². The average Bonchev–Trinajstić information content (AvgIpc) is 2.42. The fraction of sp³-hybridized carbons (Fsp3) is 0.333. The summed E-state index contributed by atoms with van der Waals surface area (Å²) in [5, 5.41) is 0. The Hall–Kier alpha value is -2.15. The van der Waals surface area contributed by atoms with Gasteiger partial charge in [-0.25, -0.2) is 17.9 Å². The zero-order valence-corrected chi connectivity index (χ0v) is 13.4. The van der Waals surface area contributed by atoms with Crippen LogP contribution in [-0.4, -0.2) is 33.2 Å². The Balaban J connectivity index is 2.72. The van der Waals surface area contributed by atoms with Gasteiger partial charge in [-0.05, 0) is 31.4 Å². The van der Waals surface area contributed by atoms with Gasteiger partial charge in [0.1, 0.15) is 0 Å². The summed E-state index contributed by atoms with van der Waals surface area (Å²) in [5.41, 5.74) is 1.01. The molecular formula is C15H19NO5S. The van der Waals surface area contributed by atoms with Crippen molar-refractivity contribution in [2.24, 2.45) is 0 Å². The molecule has 0 aliphatic heterocycles. The van der Waals surface area contributed by atoms with Crippen LogP contribution in [0.4, 0.5) is 0 Å². The number of benzene rings is 1. The van der Waals surface area contributed by atoms with Crippen LogP contribution in [0.15, 0.2) is 36.4 Å². The van der Waals surface area contributed by atoms with Crippen LogP contribution in [0.5, 0.6) is 0 Å². The highest BCUT2D eigenvalue weighted by Gasteiger charge is 2.14. The lowest BCUT2D eigenvalue weighted by Gasteiger charge is -2.08. The van der Waals surface area contributed by atoms with Gasteiger partial charge in [-0.1, -0.05) is 24.3 Å². The van der Waals surface area contributed by atoms with Gasteiger partial charge in [0.2, 0.25) is 10.0 Å². The largest absolute Gasteiger partial charge is 0.463 e. The predicted octanol–water partition coefficient (Wildman–Crippen LogP) is 1.43. The fourth-order valence-electron chi connectivity index (χ4n) is 1.79. The van der Waals surface area contributed by atoms with Gasteiger partial charge in [0.05, 0.1) is 12.9 Å². The molecule has 1 rings (SSSR count). The van der Waals surface area contributed by atoms with Crippen molar-refractivity contribution in [1.29, 1.82) is 0 Å². The van der Waals surface area contributed by atoms with Crippen LogP contribution < -0.4 is 4.72 Å². The Kier molecular flexibility index (Phi) is 6.78. The SMILES string of the molecule is CCOC(=O)/C=C/CCc1ccccc1C(=O)NS(C)(=O)=O. The van der Waals surface area contributed by atoms with E-state index in [1.54, 1.807) is 37.3 Å². The van der Waals surface area contributed by atoms with E-state index in [1.165, 1.54) is 6.08 Å². The highest BCUT2D eigenvalue weighted by molar-refractivity contribution is 7.89. The number of carbonyl (C=O) groups excluding carboxylic acids is 2. The number of allylic oxidation sites excluding steroid dienone is 1. The Labute approximate surface area is 130 Å². The fourth-order valence-corrected chi connectivity index (χ4v) is 2.24. The normalized spacial score (nSPS) is 11.4. The minimum Gasteiger partial charge on any atom is -0.463 e. The number of aryl methyl sites for hydroxylation is 1. The lowest BCUT2D eigenvalue weighted by atomic mass is 10.0. The molecule has 0 saturated carbocycles. The summed E-state index contributed by atoms with van der Waals surface area (Å²) in [5.74, 6) is -1.07. The number of hydrogen-bond donors (Lipinski definition) is 1. The first-order valence-corrected chi connectivity index (χ1v) is 8.66. The molecule has 7 heteroatoms. The van der Waals surface area contributed by atoms with E-state index >= 15 is 0 Å². The molecule has 6 nitrogen and oxygen atoms in total. The van der Waals surface area contributed by atoms with Gasteiger partial charge in [0.25, 0.3) is 5.91 Å². The van der Waals surface area contributed by atoms with E-state index < -0.39 is 21.9 Å². The van der Waals surface area contributed by atoms with Gasteiger partial charge in [-0.2, -0.15) is 0 Å². The molecule has 22 heavy (non-hydrogen) atoms. The van der Waals surface area contributed by atoms with Crippen LogP contribution in [0.2, 0.25) is 0 Å². The number of nitrogens with one attached hydrogen (secondary N) is 1. The summed E-state index contributed by atoms with van der Waals surface area (Å²) in [4.78, 5) is 23.1. The van der Waals surface area contributed by atoms with Crippen LogP contribution in [-0.2, 0) is 26.0 Å². The monoisotopic (exact) mass is 325 g/mol. The smallest absolute Gasteiger partial charge is 0.330 e. The second-order valence-electron chi connectivity index (χ2n) is 4.55. The summed E-state index contributed by atoms with van der Waals surface area (Å²) in [6.45, 7) is 2.04. The van der Waals surface area contributed by atoms with Crippen LogP contribution >= 0.6 is 0 Å². The Morgan fingerprint density at radius 3 is 2.59 bits per heavy atom. The molecule has 0 spiro atoms. The number of hydrogen-bond acceptors (Lipinski definition) is 5. The van der Waals surface area contributed by atoms with Gasteiger partial charge in [-0.3, -0.25) is 4.79 Å². The molecule has 0 heterocycles. The second-order valence-corrected chi connectivity index (χ2v) is 6.30. The molecule has 0 aliphatic rings. The molecular weight excluding hydrogens is 306 g/mol. The van der Waals surface area contributed by atoms with Crippen LogP contribution in [0.3, 0.4) is 0 Å². The molecule has 120 valence electrons. The molecule has 0 aromatic heterocycles. The Bertz CT molecular complexity index is 664. The maximum Gasteiger partial charge on any atom is 0.330 e. The lowest BCUT2D eigenvalue weighted by Crippen LogP contribution is -2.30. The predicted molar refractivity (Wildman–Crippen MR) is 82.8 cm³/mol. The summed E-state index contributed by atoms with van der Waals surface area (Å²) in [6.07, 6.45) is 4.95. The first kappa shape index (κ1) is 17.9. The minimum absolute atomic E-state index is 0.303. The van der Waals surface area contributed by atoms with Crippen molar-refractivity contribution in [3.63, 3.8) is 0 Å². The highest BCUT2D eigenvalue weighted by Crippen LogP contribution is 2.12. The summed E-state index contributed by atoms with van der Waals surface area (Å²) < 4.78 is 29.0. The minimum atomic E-state index is -3.61. The maximum atomic E-state index is 11.9. The molecule has 1 aromatic carbocycles. The van der Waals surface area contributed by atoms with E-state index in [2.05, 4.69) is 0 Å². The summed E-state index contributed by atoms with van der Waals surface area (Å²) in [6, 6.07) is 6.73. The third kappa shape index (κ3) is 6.53. The zero-order chi connectivity index (χ0) is 16.6. The van der Waals surface area contributed by atoms with Crippen molar-refractivity contribution in [2.45, 2.75) is 19.8 Å². The number of ether oxygens (including phenoxy) is 1. The molecule has 1 amide bonds. The molecule has 0 bridgehead atoms. The Morgan fingerprint density at radius 1 is 1.27 bits per heavy atom. The molecule has 0 unspecified atom stereocenters. The number of sulfonamides is 1. The van der Waals surface area contributed by atoms with Gasteiger partial charge in [-0.15, -0.1) is 0 Å². The van der Waals surface area contributed by atoms with E-state index in [0.717, 1.165) is 6.26 Å². The molecule has 0 saturated heterocycles. The molecule has 0 fully saturated rings. The summed E-state index contributed by atoms with van der Waals surface area (Å²) >= 11 is 0. The number of esters is 1. The van der Waals surface area contributed by atoms with Crippen LogP contribution in [0, 0.1) is 0 Å². The van der Waals surface area contributed by atoms with E-state index in [4.69, 9.17) is 4.74 Å². The Morgan fingerprint density at radius 2 is 1.95 bits per heavy atom. The molecule has 0 radical (unpaired) electrons.